The van der Waals surface area contributed by atoms with Crippen LogP contribution in [0.15, 0.2) is 115 Å². The summed E-state index contributed by atoms with van der Waals surface area (Å²) in [4.78, 5) is 2.60. The fourth-order valence-electron chi connectivity index (χ4n) is 4.95. The molecule has 0 amide bonds. The van der Waals surface area contributed by atoms with Crippen molar-refractivity contribution in [2.24, 2.45) is 0 Å². The number of hydrogen-bond acceptors (Lipinski definition) is 2. The molecule has 0 bridgehead atoms. The average Bonchev–Trinajstić information content (AvgIpc) is 2.90. The monoisotopic (exact) mass is 517 g/mol. The van der Waals surface area contributed by atoms with Crippen LogP contribution in [-0.2, 0) is 10.9 Å². The van der Waals surface area contributed by atoms with Gasteiger partial charge in [-0.3, -0.25) is 0 Å². The Morgan fingerprint density at radius 2 is 1.18 bits per heavy atom. The van der Waals surface area contributed by atoms with Gasteiger partial charge in [0.2, 0.25) is 0 Å². The Labute approximate surface area is 205 Å². The summed E-state index contributed by atoms with van der Waals surface area (Å²) >= 11 is 3.76. The van der Waals surface area contributed by atoms with Gasteiger partial charge in [-0.25, -0.2) is 0 Å². The van der Waals surface area contributed by atoms with Crippen molar-refractivity contribution < 1.29 is 4.74 Å². The Kier molecular flexibility index (Phi) is 6.92. The van der Waals surface area contributed by atoms with Crippen LogP contribution in [0.3, 0.4) is 0 Å². The van der Waals surface area contributed by atoms with Crippen LogP contribution in [0.2, 0.25) is 0 Å². The number of alkyl halides is 1. The van der Waals surface area contributed by atoms with E-state index in [1.165, 1.54) is 27.2 Å². The molecule has 4 aromatic rings. The van der Waals surface area contributed by atoms with E-state index in [9.17, 15) is 0 Å². The first-order chi connectivity index (χ1) is 16.3. The van der Waals surface area contributed by atoms with Crippen LogP contribution in [-0.4, -0.2) is 24.7 Å². The molecule has 5 rings (SSSR count). The normalized spacial score (nSPS) is 17.0. The number of nitrogens with zero attached hydrogens (tertiary/aromatic N) is 1. The van der Waals surface area contributed by atoms with Crippen LogP contribution in [0.1, 0.15) is 5.56 Å². The molecule has 0 aromatic heterocycles. The summed E-state index contributed by atoms with van der Waals surface area (Å²) in [6, 6.07) is 42.6. The molecule has 0 N–H and O–H groups in total. The predicted octanol–water partition coefficient (Wildman–Crippen LogP) is 5.47. The van der Waals surface area contributed by atoms with E-state index in [-0.39, 0.29) is 4.95 Å². The Morgan fingerprint density at radius 3 is 1.64 bits per heavy atom. The van der Waals surface area contributed by atoms with Gasteiger partial charge >= 0.3 is 206 Å². The first-order valence-electron chi connectivity index (χ1n) is 11.5. The van der Waals surface area contributed by atoms with Crippen molar-refractivity contribution in [3.05, 3.63) is 121 Å². The summed E-state index contributed by atoms with van der Waals surface area (Å²) in [6.07, 6.45) is 1.02. The van der Waals surface area contributed by atoms with Gasteiger partial charge in [-0.2, -0.15) is 0 Å². The fraction of sp³-hybridized carbons (Fsp3) is 0.172. The topological polar surface area (TPSA) is 12.5 Å². The SMILES string of the molecule is BrC1COCCN1c1ccc(C[PH](c2ccccc2)(c2ccccc2)c2ccccc2)cc1. The van der Waals surface area contributed by atoms with Crippen LogP contribution < -0.4 is 20.8 Å². The van der Waals surface area contributed by atoms with E-state index in [0.29, 0.717) is 6.61 Å². The molecule has 4 aromatic carbocycles. The molecule has 33 heavy (non-hydrogen) atoms. The quantitative estimate of drug-likeness (QED) is 0.191. The van der Waals surface area contributed by atoms with Gasteiger partial charge in [0.1, 0.15) is 0 Å². The summed E-state index contributed by atoms with van der Waals surface area (Å²) in [5.41, 5.74) is 2.62. The molecule has 2 nitrogen and oxygen atoms in total. The second kappa shape index (κ2) is 10.2. The maximum atomic E-state index is 5.59. The molecule has 1 heterocycles. The van der Waals surface area contributed by atoms with Crippen molar-refractivity contribution in [3.63, 3.8) is 0 Å². The minimum absolute atomic E-state index is 0.225. The molecule has 0 saturated carbocycles. The van der Waals surface area contributed by atoms with E-state index in [2.05, 4.69) is 136 Å². The van der Waals surface area contributed by atoms with Crippen LogP contribution in [0.4, 0.5) is 5.69 Å². The standard InChI is InChI=1S/C29H29BrNOP/c30-29-22-32-21-20-31(29)25-18-16-24(17-19-25)23-33(26-10-4-1-5-11-26,27-12-6-2-7-13-27)28-14-8-3-9-15-28/h1-19,29,33H,20-23H2. The van der Waals surface area contributed by atoms with Crippen molar-refractivity contribution in [1.82, 2.24) is 0 Å². The van der Waals surface area contributed by atoms with Crippen LogP contribution in [0.25, 0.3) is 0 Å². The number of ether oxygens (including phenoxy) is 1. The summed E-state index contributed by atoms with van der Waals surface area (Å²) in [6.45, 7) is 2.40. The number of rotatable bonds is 6. The van der Waals surface area contributed by atoms with Gasteiger partial charge in [0.25, 0.3) is 0 Å². The van der Waals surface area contributed by atoms with Gasteiger partial charge in [-0.05, 0) is 0 Å². The molecule has 0 radical (unpaired) electrons. The third kappa shape index (κ3) is 4.64. The minimum atomic E-state index is -2.28. The summed E-state index contributed by atoms with van der Waals surface area (Å²) in [5.74, 6) is 0. The molecule has 1 fully saturated rings. The summed E-state index contributed by atoms with van der Waals surface area (Å²) < 4.78 is 5.59. The number of morpholine rings is 1. The molecule has 4 heteroatoms. The van der Waals surface area contributed by atoms with E-state index in [0.717, 1.165) is 19.3 Å². The van der Waals surface area contributed by atoms with E-state index in [1.54, 1.807) is 0 Å². The zero-order valence-corrected chi connectivity index (χ0v) is 21.2. The number of benzene rings is 4. The van der Waals surface area contributed by atoms with Gasteiger partial charge in [0, 0.05) is 0 Å². The molecule has 1 atom stereocenters. The van der Waals surface area contributed by atoms with E-state index in [1.807, 2.05) is 0 Å². The first kappa shape index (κ1) is 22.3. The molecule has 1 unspecified atom stereocenters. The molecular weight excluding hydrogens is 489 g/mol. The number of hydrogen-bond donors (Lipinski definition) is 0. The molecule has 1 aliphatic rings. The Balaban J connectivity index is 1.59. The van der Waals surface area contributed by atoms with Crippen LogP contribution in [0, 0.1) is 0 Å². The molecule has 0 spiro atoms. The van der Waals surface area contributed by atoms with Gasteiger partial charge < -0.3 is 0 Å². The van der Waals surface area contributed by atoms with Crippen molar-refractivity contribution in [3.8, 4) is 0 Å². The van der Waals surface area contributed by atoms with Gasteiger partial charge in [-0.1, -0.05) is 0 Å². The van der Waals surface area contributed by atoms with E-state index in [4.69, 9.17) is 4.74 Å². The fourth-order valence-corrected chi connectivity index (χ4v) is 10.3. The second-order valence-electron chi connectivity index (χ2n) is 8.55. The Bertz CT molecular complexity index is 1060. The van der Waals surface area contributed by atoms with Gasteiger partial charge in [0.15, 0.2) is 0 Å². The third-order valence-electron chi connectivity index (χ3n) is 6.61. The molecular formula is C29H29BrNOP. The number of halogens is 1. The summed E-state index contributed by atoms with van der Waals surface area (Å²) in [5, 5.41) is 4.33. The Hall–Kier alpha value is -2.45. The molecule has 0 aliphatic carbocycles. The summed E-state index contributed by atoms with van der Waals surface area (Å²) in [7, 11) is -2.28. The van der Waals surface area contributed by atoms with Crippen molar-refractivity contribution >= 4 is 44.8 Å². The zero-order valence-electron chi connectivity index (χ0n) is 18.6. The van der Waals surface area contributed by atoms with Crippen molar-refractivity contribution in [2.45, 2.75) is 11.1 Å². The zero-order chi connectivity index (χ0) is 22.5. The van der Waals surface area contributed by atoms with E-state index >= 15 is 0 Å². The molecule has 1 aliphatic heterocycles. The first-order valence-corrected chi connectivity index (χ1v) is 14.6. The van der Waals surface area contributed by atoms with Crippen molar-refractivity contribution in [2.75, 3.05) is 24.7 Å². The van der Waals surface area contributed by atoms with Gasteiger partial charge in [0.05, 0.1) is 0 Å². The number of anilines is 1. The third-order valence-corrected chi connectivity index (χ3v) is 12.3. The maximum absolute atomic E-state index is 5.59. The average molecular weight is 518 g/mol. The predicted molar refractivity (Wildman–Crippen MR) is 148 cm³/mol. The Morgan fingerprint density at radius 1 is 0.697 bits per heavy atom. The van der Waals surface area contributed by atoms with E-state index < -0.39 is 7.26 Å². The van der Waals surface area contributed by atoms with Gasteiger partial charge in [-0.15, -0.1) is 0 Å². The molecule has 168 valence electrons. The second-order valence-corrected chi connectivity index (χ2v) is 13.5. The van der Waals surface area contributed by atoms with Crippen molar-refractivity contribution in [1.29, 1.82) is 0 Å². The van der Waals surface area contributed by atoms with Crippen LogP contribution >= 0.6 is 23.2 Å². The van der Waals surface area contributed by atoms with Crippen LogP contribution in [0.5, 0.6) is 0 Å². The molecule has 1 saturated heterocycles.